The molecule has 0 fully saturated rings. The molecule has 0 bridgehead atoms. The summed E-state index contributed by atoms with van der Waals surface area (Å²) in [5.41, 5.74) is 7.29. The van der Waals surface area contributed by atoms with Crippen molar-refractivity contribution in [3.8, 4) is 0 Å². The number of carbonyl (C=O) groups is 1. The summed E-state index contributed by atoms with van der Waals surface area (Å²) in [6, 6.07) is 13.3. The molecule has 1 amide bonds. The molecule has 2 aromatic heterocycles. The van der Waals surface area contributed by atoms with Crippen molar-refractivity contribution < 1.29 is 9.21 Å². The van der Waals surface area contributed by atoms with Crippen molar-refractivity contribution in [1.82, 2.24) is 9.99 Å². The van der Waals surface area contributed by atoms with Crippen molar-refractivity contribution in [2.45, 2.75) is 27.3 Å². The van der Waals surface area contributed by atoms with Crippen LogP contribution >= 0.6 is 0 Å². The van der Waals surface area contributed by atoms with Crippen molar-refractivity contribution in [1.29, 1.82) is 0 Å². The highest BCUT2D eigenvalue weighted by molar-refractivity contribution is 5.96. The molecule has 0 spiro atoms. The third-order valence-electron chi connectivity index (χ3n) is 4.27. The van der Waals surface area contributed by atoms with Crippen molar-refractivity contribution in [3.63, 3.8) is 0 Å². The number of nitrogens with one attached hydrogen (secondary N) is 1. The normalized spacial score (nSPS) is 11.2. The highest BCUT2D eigenvalue weighted by Gasteiger charge is 2.10. The fraction of sp³-hybridized carbons (Fsp3) is 0.200. The van der Waals surface area contributed by atoms with E-state index in [9.17, 15) is 4.79 Å². The van der Waals surface area contributed by atoms with E-state index >= 15 is 0 Å². The van der Waals surface area contributed by atoms with Crippen LogP contribution in [-0.2, 0) is 6.54 Å². The van der Waals surface area contributed by atoms with Crippen LogP contribution in [0.15, 0.2) is 58.2 Å². The lowest BCUT2D eigenvalue weighted by molar-refractivity contribution is 0.0954. The van der Waals surface area contributed by atoms with E-state index in [0.29, 0.717) is 12.1 Å². The number of benzene rings is 1. The Kier molecular flexibility index (Phi) is 4.84. The van der Waals surface area contributed by atoms with Gasteiger partial charge in [-0.05, 0) is 50.6 Å². The average Bonchev–Trinajstić information content (AvgIpc) is 3.19. The smallest absolute Gasteiger partial charge is 0.271 e. The van der Waals surface area contributed by atoms with Crippen LogP contribution in [0.5, 0.6) is 0 Å². The number of amides is 1. The fourth-order valence-electron chi connectivity index (χ4n) is 2.81. The molecule has 0 saturated carbocycles. The Balaban J connectivity index is 1.72. The first kappa shape index (κ1) is 16.8. The molecule has 0 unspecified atom stereocenters. The zero-order chi connectivity index (χ0) is 17.8. The van der Waals surface area contributed by atoms with Crippen molar-refractivity contribution >= 4 is 12.1 Å². The molecule has 0 atom stereocenters. The maximum atomic E-state index is 12.2. The Labute approximate surface area is 147 Å². The molecule has 1 N–H and O–H groups in total. The minimum atomic E-state index is -0.209. The van der Waals surface area contributed by atoms with Crippen LogP contribution in [0.25, 0.3) is 0 Å². The zero-order valence-electron chi connectivity index (χ0n) is 14.6. The molecule has 0 aliphatic carbocycles. The molecule has 5 heteroatoms. The first-order chi connectivity index (χ1) is 12.1. The summed E-state index contributed by atoms with van der Waals surface area (Å²) in [5.74, 6) is 0.692. The molecule has 3 rings (SSSR count). The first-order valence-corrected chi connectivity index (χ1v) is 8.14. The van der Waals surface area contributed by atoms with Crippen LogP contribution in [0, 0.1) is 20.8 Å². The van der Waals surface area contributed by atoms with Gasteiger partial charge < -0.3 is 8.98 Å². The van der Waals surface area contributed by atoms with Gasteiger partial charge in [-0.15, -0.1) is 0 Å². The third-order valence-corrected chi connectivity index (χ3v) is 4.27. The van der Waals surface area contributed by atoms with Crippen molar-refractivity contribution in [2.24, 2.45) is 5.10 Å². The van der Waals surface area contributed by atoms with Crippen molar-refractivity contribution in [3.05, 3.63) is 82.6 Å². The van der Waals surface area contributed by atoms with Crippen molar-refractivity contribution in [2.75, 3.05) is 0 Å². The summed E-state index contributed by atoms with van der Waals surface area (Å²) in [7, 11) is 0. The predicted octanol–water partition coefficient (Wildman–Crippen LogP) is 3.82. The number of aromatic nitrogens is 1. The van der Waals surface area contributed by atoms with Gasteiger partial charge in [0.25, 0.3) is 5.91 Å². The van der Waals surface area contributed by atoms with E-state index in [-0.39, 0.29) is 5.91 Å². The van der Waals surface area contributed by atoms with Gasteiger partial charge in [-0.1, -0.05) is 18.2 Å². The molecule has 5 nitrogen and oxygen atoms in total. The van der Waals surface area contributed by atoms with E-state index in [1.807, 2.05) is 57.2 Å². The standard InChI is InChI=1S/C20H21N3O2/c1-14-7-4-5-9-19(14)20(24)22-21-12-17-11-15(2)23(16(17)3)13-18-8-6-10-25-18/h4-12H,13H2,1-3H3,(H,22,24)/b21-12-. The second-order valence-electron chi connectivity index (χ2n) is 6.01. The van der Waals surface area contributed by atoms with Gasteiger partial charge in [-0.25, -0.2) is 5.43 Å². The van der Waals surface area contributed by atoms with Gasteiger partial charge >= 0.3 is 0 Å². The number of hydrogen-bond acceptors (Lipinski definition) is 3. The van der Waals surface area contributed by atoms with Gasteiger partial charge in [0.2, 0.25) is 0 Å². The quantitative estimate of drug-likeness (QED) is 0.569. The average molecular weight is 335 g/mol. The summed E-state index contributed by atoms with van der Waals surface area (Å²) in [4.78, 5) is 12.2. The number of rotatable bonds is 5. The third kappa shape index (κ3) is 3.71. The molecule has 0 aliphatic rings. The second kappa shape index (κ2) is 7.21. The monoisotopic (exact) mass is 335 g/mol. The molecule has 25 heavy (non-hydrogen) atoms. The van der Waals surface area contributed by atoms with Crippen LogP contribution < -0.4 is 5.43 Å². The Morgan fingerprint density at radius 3 is 2.72 bits per heavy atom. The van der Waals surface area contributed by atoms with Gasteiger partial charge in [0, 0.05) is 22.5 Å². The molecule has 3 aromatic rings. The zero-order valence-corrected chi connectivity index (χ0v) is 14.6. The van der Waals surface area contributed by atoms with Gasteiger partial charge in [0.05, 0.1) is 19.0 Å². The minimum absolute atomic E-state index is 0.209. The molecular weight excluding hydrogens is 314 g/mol. The Hall–Kier alpha value is -3.08. The van der Waals surface area contributed by atoms with Gasteiger partial charge in [-0.2, -0.15) is 5.10 Å². The SMILES string of the molecule is Cc1ccccc1C(=O)N/N=C\c1cc(C)n(Cc2ccco2)c1C. The Bertz CT molecular complexity index is 905. The molecule has 0 aliphatic heterocycles. The van der Waals surface area contributed by atoms with E-state index < -0.39 is 0 Å². The minimum Gasteiger partial charge on any atom is -0.467 e. The lowest BCUT2D eigenvalue weighted by atomic mass is 10.1. The van der Waals surface area contributed by atoms with Crippen LogP contribution in [0.1, 0.15) is 38.6 Å². The Morgan fingerprint density at radius 2 is 2.00 bits per heavy atom. The van der Waals surface area contributed by atoms with E-state index in [1.165, 1.54) is 0 Å². The molecule has 0 radical (unpaired) electrons. The van der Waals surface area contributed by atoms with Crippen LogP contribution in [0.4, 0.5) is 0 Å². The lowest BCUT2D eigenvalue weighted by Gasteiger charge is -2.07. The highest BCUT2D eigenvalue weighted by atomic mass is 16.3. The predicted molar refractivity (Wildman–Crippen MR) is 98.0 cm³/mol. The largest absolute Gasteiger partial charge is 0.467 e. The van der Waals surface area contributed by atoms with Crippen LogP contribution in [0.3, 0.4) is 0 Å². The maximum Gasteiger partial charge on any atom is 0.271 e. The second-order valence-corrected chi connectivity index (χ2v) is 6.01. The number of hydrazone groups is 1. The highest BCUT2D eigenvalue weighted by Crippen LogP contribution is 2.16. The maximum absolute atomic E-state index is 12.2. The molecule has 1 aromatic carbocycles. The lowest BCUT2D eigenvalue weighted by Crippen LogP contribution is -2.18. The summed E-state index contributed by atoms with van der Waals surface area (Å²) >= 11 is 0. The van der Waals surface area contributed by atoms with E-state index in [1.54, 1.807) is 18.5 Å². The topological polar surface area (TPSA) is 59.5 Å². The molecule has 0 saturated heterocycles. The van der Waals surface area contributed by atoms with Crippen LogP contribution in [0.2, 0.25) is 0 Å². The number of carbonyl (C=O) groups excluding carboxylic acids is 1. The van der Waals surface area contributed by atoms with E-state index in [2.05, 4.69) is 15.1 Å². The number of nitrogens with zero attached hydrogens (tertiary/aromatic N) is 2. The number of aryl methyl sites for hydroxylation is 2. The van der Waals surface area contributed by atoms with Gasteiger partial charge in [-0.3, -0.25) is 4.79 Å². The Morgan fingerprint density at radius 1 is 1.20 bits per heavy atom. The molecule has 2 heterocycles. The fourth-order valence-corrected chi connectivity index (χ4v) is 2.81. The summed E-state index contributed by atoms with van der Waals surface area (Å²) in [5, 5.41) is 4.11. The number of hydrogen-bond donors (Lipinski definition) is 1. The van der Waals surface area contributed by atoms with E-state index in [0.717, 1.165) is 28.3 Å². The molecular formula is C20H21N3O2. The van der Waals surface area contributed by atoms with Gasteiger partial charge in [0.15, 0.2) is 0 Å². The van der Waals surface area contributed by atoms with Gasteiger partial charge in [0.1, 0.15) is 5.76 Å². The van der Waals surface area contributed by atoms with Crippen LogP contribution in [-0.4, -0.2) is 16.7 Å². The summed E-state index contributed by atoms with van der Waals surface area (Å²) in [6.07, 6.45) is 3.35. The summed E-state index contributed by atoms with van der Waals surface area (Å²) < 4.78 is 7.57. The molecule has 128 valence electrons. The summed E-state index contributed by atoms with van der Waals surface area (Å²) in [6.45, 7) is 6.65. The first-order valence-electron chi connectivity index (χ1n) is 8.14. The number of furan rings is 1. The van der Waals surface area contributed by atoms with E-state index in [4.69, 9.17) is 4.42 Å².